The number of carbonyl (C=O) groups is 5. The minimum atomic E-state index is -1.50. The summed E-state index contributed by atoms with van der Waals surface area (Å²) in [6, 6.07) is 16.9. The van der Waals surface area contributed by atoms with E-state index in [0.29, 0.717) is 19.3 Å². The first-order valence-electron chi connectivity index (χ1n) is 14.6. The second kappa shape index (κ2) is 24.3. The lowest BCUT2D eigenvalue weighted by Gasteiger charge is -2.22. The molecule has 0 heterocycles. The highest BCUT2D eigenvalue weighted by Crippen LogP contribution is 2.05. The topological polar surface area (TPSA) is 206 Å². The Morgan fingerprint density at radius 2 is 1.15 bits per heavy atom. The molecule has 46 heavy (non-hydrogen) atoms. The number of hydrogen-bond acceptors (Lipinski definition) is 10. The number of ether oxygens (including phenoxy) is 2. The maximum Gasteiger partial charge on any atom is 0.325 e. The number of aliphatic hydroxyl groups excluding tert-OH is 2. The number of benzene rings is 2. The van der Waals surface area contributed by atoms with Crippen LogP contribution in [0.1, 0.15) is 50.7 Å². The van der Waals surface area contributed by atoms with Gasteiger partial charge in [-0.25, -0.2) is 0 Å². The van der Waals surface area contributed by atoms with Gasteiger partial charge in [-0.3, -0.25) is 24.0 Å². The number of hydrogen-bond donors (Lipinski definition) is 6. The van der Waals surface area contributed by atoms with Gasteiger partial charge in [0.2, 0.25) is 7.85 Å². The number of aliphatic hydroxyl groups is 2. The number of nitrogens with two attached hydrogens (primary N) is 1. The maximum absolute atomic E-state index is 11.9. The molecule has 3 amide bonds. The van der Waals surface area contributed by atoms with E-state index in [2.05, 4.69) is 16.0 Å². The molecular formula is C31H44BClN4O9. The van der Waals surface area contributed by atoms with Gasteiger partial charge in [0, 0.05) is 6.04 Å². The summed E-state index contributed by atoms with van der Waals surface area (Å²) in [6.45, 7) is 3.32. The number of amides is 3. The maximum atomic E-state index is 11.9. The summed E-state index contributed by atoms with van der Waals surface area (Å²) in [5, 5.41) is 26.5. The number of rotatable bonds is 17. The highest BCUT2D eigenvalue weighted by atomic mass is 35.5. The van der Waals surface area contributed by atoms with Gasteiger partial charge in [0.25, 0.3) is 11.8 Å². The van der Waals surface area contributed by atoms with Gasteiger partial charge < -0.3 is 41.4 Å². The van der Waals surface area contributed by atoms with Crippen molar-refractivity contribution in [2.24, 2.45) is 5.73 Å². The zero-order valence-corrected chi connectivity index (χ0v) is 26.9. The fraction of sp³-hybridized carbons (Fsp3) is 0.452. The molecule has 0 aromatic heterocycles. The summed E-state index contributed by atoms with van der Waals surface area (Å²) in [7, 11) is 5.01. The Bertz CT molecular complexity index is 1200. The Kier molecular flexibility index (Phi) is 22.2. The van der Waals surface area contributed by atoms with E-state index in [9.17, 15) is 34.2 Å². The first-order chi connectivity index (χ1) is 21.5. The van der Waals surface area contributed by atoms with Crippen LogP contribution in [-0.2, 0) is 41.9 Å². The van der Waals surface area contributed by atoms with Crippen molar-refractivity contribution in [2.75, 3.05) is 13.1 Å². The van der Waals surface area contributed by atoms with Crippen LogP contribution in [0.3, 0.4) is 0 Å². The van der Waals surface area contributed by atoms with Crippen LogP contribution >= 0.6 is 12.4 Å². The van der Waals surface area contributed by atoms with Crippen molar-refractivity contribution in [3.8, 4) is 0 Å². The summed E-state index contributed by atoms with van der Waals surface area (Å²) in [6.07, 6.45) is -0.506. The number of halogens is 1. The van der Waals surface area contributed by atoms with E-state index in [-0.39, 0.29) is 38.7 Å². The van der Waals surface area contributed by atoms with Gasteiger partial charge in [0.15, 0.2) is 11.9 Å². The normalized spacial score (nSPS) is 12.7. The number of carbonyl (C=O) groups excluding carboxylic acids is 5. The summed E-state index contributed by atoms with van der Waals surface area (Å²) < 4.78 is 10.0. The molecule has 2 aromatic rings. The van der Waals surface area contributed by atoms with Crippen molar-refractivity contribution >= 4 is 49.8 Å². The van der Waals surface area contributed by atoms with E-state index in [0.717, 1.165) is 17.5 Å². The summed E-state index contributed by atoms with van der Waals surface area (Å²) >= 11 is 0. The van der Waals surface area contributed by atoms with Gasteiger partial charge in [-0.05, 0) is 24.0 Å². The van der Waals surface area contributed by atoms with E-state index in [1.165, 1.54) is 0 Å². The van der Waals surface area contributed by atoms with Crippen LogP contribution < -0.4 is 21.7 Å². The molecule has 252 valence electrons. The van der Waals surface area contributed by atoms with Crippen molar-refractivity contribution < 1.29 is 43.7 Å². The zero-order chi connectivity index (χ0) is 33.6. The smallest absolute Gasteiger partial charge is 0.325 e. The SMILES string of the molecule is CCCC(N)C(O)C(=O)NCC(=O)OCc1ccccc1.Cl.[B]C(=O)NC(CCC)C(O)C(=O)NCC(=O)OCc1ccccc1. The predicted octanol–water partition coefficient (Wildman–Crippen LogP) is 1.01. The van der Waals surface area contributed by atoms with Gasteiger partial charge in [-0.2, -0.15) is 0 Å². The second-order valence-electron chi connectivity index (χ2n) is 9.97. The van der Waals surface area contributed by atoms with Gasteiger partial charge in [0.1, 0.15) is 32.4 Å². The lowest BCUT2D eigenvalue weighted by atomic mass is 10.0. The molecule has 2 radical (unpaired) electrons. The molecule has 7 N–H and O–H groups in total. The Labute approximate surface area is 276 Å². The molecule has 0 saturated heterocycles. The van der Waals surface area contributed by atoms with Gasteiger partial charge in [-0.15, -0.1) is 12.4 Å². The minimum Gasteiger partial charge on any atom is -0.460 e. The zero-order valence-electron chi connectivity index (χ0n) is 26.1. The summed E-state index contributed by atoms with van der Waals surface area (Å²) in [4.78, 5) is 57.4. The average Bonchev–Trinajstić information content (AvgIpc) is 3.04. The molecule has 0 aliphatic rings. The van der Waals surface area contributed by atoms with Crippen molar-refractivity contribution in [3.63, 3.8) is 0 Å². The third-order valence-corrected chi connectivity index (χ3v) is 6.17. The van der Waals surface area contributed by atoms with Gasteiger partial charge >= 0.3 is 11.9 Å². The van der Waals surface area contributed by atoms with Crippen LogP contribution in [-0.4, -0.2) is 85.0 Å². The van der Waals surface area contributed by atoms with Gasteiger partial charge in [-0.1, -0.05) is 87.4 Å². The Morgan fingerprint density at radius 1 is 0.739 bits per heavy atom. The van der Waals surface area contributed by atoms with Crippen LogP contribution in [0.25, 0.3) is 0 Å². The largest absolute Gasteiger partial charge is 0.460 e. The molecule has 0 aliphatic carbocycles. The van der Waals surface area contributed by atoms with E-state index in [1.54, 1.807) is 12.1 Å². The van der Waals surface area contributed by atoms with Crippen LogP contribution in [0.5, 0.6) is 0 Å². The van der Waals surface area contributed by atoms with E-state index in [1.807, 2.05) is 62.4 Å². The molecule has 13 nitrogen and oxygen atoms in total. The summed E-state index contributed by atoms with van der Waals surface area (Å²) in [5.41, 5.74) is 7.33. The highest BCUT2D eigenvalue weighted by Gasteiger charge is 2.26. The standard InChI is InChI=1S/C16H21BN2O5.C15H22N2O4.ClH/c1-2-6-12(19-16(17)23)14(21)15(22)18-9-13(20)24-10-11-7-4-3-5-8-11;1-2-6-12(16)14(19)15(20)17-9-13(18)21-10-11-7-4-3-5-8-11;/h3-5,7-8,12,14,21H,2,6,9-10H2,1H3,(H,18,22)(H,19,23);3-5,7-8,12,14,19H,2,6,9-10,16H2,1H3,(H,17,20);1H. The molecule has 0 saturated carbocycles. The molecule has 15 heteroatoms. The third-order valence-electron chi connectivity index (χ3n) is 6.17. The van der Waals surface area contributed by atoms with Crippen molar-refractivity contribution in [1.29, 1.82) is 0 Å². The predicted molar refractivity (Wildman–Crippen MR) is 174 cm³/mol. The Hall–Kier alpha value is -3.98. The molecule has 2 aromatic carbocycles. The first kappa shape index (κ1) is 42.0. The van der Waals surface area contributed by atoms with Crippen LogP contribution in [0.15, 0.2) is 60.7 Å². The second-order valence-corrected chi connectivity index (χ2v) is 9.97. The number of esters is 2. The van der Waals surface area contributed by atoms with Crippen molar-refractivity contribution in [3.05, 3.63) is 71.8 Å². The fourth-order valence-electron chi connectivity index (χ4n) is 3.78. The molecule has 4 atom stereocenters. The van der Waals surface area contributed by atoms with Crippen molar-refractivity contribution in [2.45, 2.75) is 77.0 Å². The minimum absolute atomic E-state index is 0. The van der Waals surface area contributed by atoms with E-state index >= 15 is 0 Å². The highest BCUT2D eigenvalue weighted by molar-refractivity contribution is 6.57. The molecule has 0 fully saturated rings. The first-order valence-corrected chi connectivity index (χ1v) is 14.6. The lowest BCUT2D eigenvalue weighted by molar-refractivity contribution is -0.146. The molecule has 4 unspecified atom stereocenters. The Balaban J connectivity index is 0.000000869. The molecular weight excluding hydrogens is 619 g/mol. The summed E-state index contributed by atoms with van der Waals surface area (Å²) in [5.74, 6) is -3.47. The molecule has 0 aliphatic heterocycles. The van der Waals surface area contributed by atoms with Crippen molar-refractivity contribution in [1.82, 2.24) is 16.0 Å². The molecule has 2 rings (SSSR count). The molecule has 0 bridgehead atoms. The number of nitrogens with one attached hydrogen (secondary N) is 3. The quantitative estimate of drug-likeness (QED) is 0.105. The van der Waals surface area contributed by atoms with Crippen LogP contribution in [0.4, 0.5) is 4.79 Å². The average molecular weight is 663 g/mol. The third kappa shape index (κ3) is 18.1. The fourth-order valence-corrected chi connectivity index (χ4v) is 3.78. The Morgan fingerprint density at radius 3 is 1.54 bits per heavy atom. The van der Waals surface area contributed by atoms with Crippen LogP contribution in [0, 0.1) is 0 Å². The lowest BCUT2D eigenvalue weighted by Crippen LogP contribution is -2.51. The monoisotopic (exact) mass is 662 g/mol. The van der Waals surface area contributed by atoms with Crippen LogP contribution in [0.2, 0.25) is 0 Å². The van der Waals surface area contributed by atoms with E-state index in [4.69, 9.17) is 23.1 Å². The van der Waals surface area contributed by atoms with E-state index < -0.39 is 53.9 Å². The van der Waals surface area contributed by atoms with Gasteiger partial charge in [0.05, 0.1) is 6.04 Å². The molecule has 0 spiro atoms.